The second-order valence-electron chi connectivity index (χ2n) is 4.88. The third-order valence-corrected chi connectivity index (χ3v) is 4.82. The van der Waals surface area contributed by atoms with Crippen LogP contribution in [0.1, 0.15) is 43.1 Å². The Hall–Kier alpha value is -1.01. The van der Waals surface area contributed by atoms with Crippen LogP contribution in [0.15, 0.2) is 17.2 Å². The van der Waals surface area contributed by atoms with Gasteiger partial charge in [0.1, 0.15) is 10.6 Å². The fourth-order valence-electron chi connectivity index (χ4n) is 2.37. The number of H-pyrrole nitrogens is 1. The maximum Gasteiger partial charge on any atom is 0.270 e. The molecule has 1 N–H and O–H groups in total. The maximum absolute atomic E-state index is 12.4. The van der Waals surface area contributed by atoms with Gasteiger partial charge in [-0.1, -0.05) is 12.8 Å². The summed E-state index contributed by atoms with van der Waals surface area (Å²) >= 11 is 0. The number of amides is 1. The van der Waals surface area contributed by atoms with E-state index in [1.54, 1.807) is 4.90 Å². The maximum atomic E-state index is 12.4. The van der Waals surface area contributed by atoms with E-state index in [9.17, 15) is 13.2 Å². The smallest absolute Gasteiger partial charge is 0.270 e. The van der Waals surface area contributed by atoms with E-state index in [0.717, 1.165) is 25.7 Å². The zero-order chi connectivity index (χ0) is 14.0. The molecule has 1 unspecified atom stereocenters. The first kappa shape index (κ1) is 14.4. The molecule has 0 radical (unpaired) electrons. The van der Waals surface area contributed by atoms with E-state index in [1.807, 2.05) is 6.92 Å². The molecule has 0 saturated carbocycles. The summed E-state index contributed by atoms with van der Waals surface area (Å²) in [7, 11) is 1.45. The highest BCUT2D eigenvalue weighted by atomic mass is 35.7. The molecule has 2 rings (SSSR count). The van der Waals surface area contributed by atoms with Crippen LogP contribution < -0.4 is 0 Å². The van der Waals surface area contributed by atoms with Gasteiger partial charge < -0.3 is 9.88 Å². The third-order valence-electron chi connectivity index (χ3n) is 3.48. The van der Waals surface area contributed by atoms with Crippen molar-refractivity contribution in [2.24, 2.45) is 0 Å². The quantitative estimate of drug-likeness (QED) is 0.853. The number of carbonyl (C=O) groups excluding carboxylic acids is 1. The molecule has 1 aliphatic heterocycles. The Balaban J connectivity index is 2.21. The van der Waals surface area contributed by atoms with E-state index >= 15 is 0 Å². The Labute approximate surface area is 117 Å². The van der Waals surface area contributed by atoms with E-state index in [1.165, 1.54) is 12.3 Å². The van der Waals surface area contributed by atoms with Gasteiger partial charge in [-0.05, 0) is 25.8 Å². The van der Waals surface area contributed by atoms with Crippen LogP contribution in [-0.4, -0.2) is 36.8 Å². The predicted molar refractivity (Wildman–Crippen MR) is 72.8 cm³/mol. The number of carbonyl (C=O) groups is 1. The normalized spacial score (nSPS) is 21.2. The second-order valence-corrected chi connectivity index (χ2v) is 7.45. The molecule has 0 aliphatic carbocycles. The molecule has 2 heterocycles. The van der Waals surface area contributed by atoms with Crippen molar-refractivity contribution in [1.82, 2.24) is 9.88 Å². The first-order chi connectivity index (χ1) is 8.89. The SMILES string of the molecule is CC1CCCCCN1C(=O)c1cc(S(=O)(=O)Cl)c[nH]1. The molecule has 1 fully saturated rings. The van der Waals surface area contributed by atoms with Crippen molar-refractivity contribution >= 4 is 25.6 Å². The molecule has 1 saturated heterocycles. The zero-order valence-corrected chi connectivity index (χ0v) is 12.3. The van der Waals surface area contributed by atoms with E-state index < -0.39 is 9.05 Å². The molecule has 1 aliphatic rings. The number of halogens is 1. The van der Waals surface area contributed by atoms with Crippen molar-refractivity contribution in [3.63, 3.8) is 0 Å². The molecule has 5 nitrogen and oxygen atoms in total. The van der Waals surface area contributed by atoms with Crippen LogP contribution in [0.5, 0.6) is 0 Å². The second kappa shape index (κ2) is 5.54. The molecule has 19 heavy (non-hydrogen) atoms. The van der Waals surface area contributed by atoms with Gasteiger partial charge in [0.2, 0.25) is 0 Å². The lowest BCUT2D eigenvalue weighted by molar-refractivity contribution is 0.0692. The topological polar surface area (TPSA) is 70.2 Å². The fourth-order valence-corrected chi connectivity index (χ4v) is 3.10. The van der Waals surface area contributed by atoms with Gasteiger partial charge in [-0.15, -0.1) is 0 Å². The van der Waals surface area contributed by atoms with Crippen molar-refractivity contribution in [1.29, 1.82) is 0 Å². The number of nitrogens with zero attached hydrogens (tertiary/aromatic N) is 1. The van der Waals surface area contributed by atoms with Gasteiger partial charge in [-0.25, -0.2) is 8.42 Å². The molecule has 0 bridgehead atoms. The Kier molecular flexibility index (Phi) is 4.20. The van der Waals surface area contributed by atoms with Crippen molar-refractivity contribution in [2.45, 2.75) is 43.5 Å². The summed E-state index contributed by atoms with van der Waals surface area (Å²) in [5.41, 5.74) is 0.271. The number of likely N-dealkylation sites (tertiary alicyclic amines) is 1. The monoisotopic (exact) mass is 304 g/mol. The van der Waals surface area contributed by atoms with Crippen LogP contribution in [0.3, 0.4) is 0 Å². The summed E-state index contributed by atoms with van der Waals surface area (Å²) in [6.07, 6.45) is 5.46. The number of nitrogens with one attached hydrogen (secondary N) is 1. The van der Waals surface area contributed by atoms with Gasteiger partial charge >= 0.3 is 0 Å². The van der Waals surface area contributed by atoms with E-state index in [-0.39, 0.29) is 22.5 Å². The van der Waals surface area contributed by atoms with Crippen LogP contribution in [0.25, 0.3) is 0 Å². The average molecular weight is 305 g/mol. The van der Waals surface area contributed by atoms with Crippen LogP contribution >= 0.6 is 10.7 Å². The minimum Gasteiger partial charge on any atom is -0.356 e. The number of hydrogen-bond acceptors (Lipinski definition) is 3. The molecule has 7 heteroatoms. The molecule has 1 atom stereocenters. The summed E-state index contributed by atoms with van der Waals surface area (Å²) in [5, 5.41) is 0. The molecule has 0 spiro atoms. The zero-order valence-electron chi connectivity index (χ0n) is 10.7. The summed E-state index contributed by atoms with van der Waals surface area (Å²) < 4.78 is 22.4. The van der Waals surface area contributed by atoms with Gasteiger partial charge in [0.05, 0.1) is 0 Å². The average Bonchev–Trinajstić information content (AvgIpc) is 2.73. The molecule has 0 aromatic carbocycles. The minimum absolute atomic E-state index is 0.0695. The first-order valence-corrected chi connectivity index (χ1v) is 8.64. The van der Waals surface area contributed by atoms with Crippen LogP contribution in [0, 0.1) is 0 Å². The van der Waals surface area contributed by atoms with Gasteiger partial charge in [-0.3, -0.25) is 4.79 Å². The van der Waals surface area contributed by atoms with Crippen molar-refractivity contribution in [3.05, 3.63) is 18.0 Å². The predicted octanol–water partition coefficient (Wildman–Crippen LogP) is 2.35. The number of aromatic nitrogens is 1. The lowest BCUT2D eigenvalue weighted by Crippen LogP contribution is -2.38. The number of aromatic amines is 1. The molecule has 1 aromatic rings. The summed E-state index contributed by atoms with van der Waals surface area (Å²) in [5.74, 6) is -0.166. The standard InChI is InChI=1S/C12H17ClN2O3S/c1-9-5-3-2-4-6-15(9)12(16)11-7-10(8-14-11)19(13,17)18/h7-9,14H,2-6H2,1H3. The fraction of sp³-hybridized carbons (Fsp3) is 0.583. The van der Waals surface area contributed by atoms with Crippen LogP contribution in [-0.2, 0) is 9.05 Å². The lowest BCUT2D eigenvalue weighted by atomic mass is 10.1. The Morgan fingerprint density at radius 2 is 2.16 bits per heavy atom. The van der Waals surface area contributed by atoms with Gasteiger partial charge in [0, 0.05) is 29.5 Å². The summed E-state index contributed by atoms with van der Waals surface area (Å²) in [6, 6.07) is 1.47. The third kappa shape index (κ3) is 3.30. The minimum atomic E-state index is -3.80. The number of hydrogen-bond donors (Lipinski definition) is 1. The van der Waals surface area contributed by atoms with Crippen molar-refractivity contribution < 1.29 is 13.2 Å². The molecule has 1 amide bonds. The summed E-state index contributed by atoms with van der Waals surface area (Å²) in [6.45, 7) is 2.73. The molecule has 1 aromatic heterocycles. The van der Waals surface area contributed by atoms with Crippen LogP contribution in [0.4, 0.5) is 0 Å². The highest BCUT2D eigenvalue weighted by Gasteiger charge is 2.25. The molecule has 106 valence electrons. The van der Waals surface area contributed by atoms with Crippen molar-refractivity contribution in [2.75, 3.05) is 6.54 Å². The lowest BCUT2D eigenvalue weighted by Gasteiger charge is -2.26. The van der Waals surface area contributed by atoms with Crippen LogP contribution in [0.2, 0.25) is 0 Å². The molecular formula is C12H17ClN2O3S. The van der Waals surface area contributed by atoms with E-state index in [4.69, 9.17) is 10.7 Å². The van der Waals surface area contributed by atoms with E-state index in [2.05, 4.69) is 4.98 Å². The first-order valence-electron chi connectivity index (χ1n) is 6.33. The Bertz CT molecular complexity index is 567. The molecular weight excluding hydrogens is 288 g/mol. The van der Waals surface area contributed by atoms with Gasteiger partial charge in [0.25, 0.3) is 15.0 Å². The van der Waals surface area contributed by atoms with Crippen molar-refractivity contribution in [3.8, 4) is 0 Å². The van der Waals surface area contributed by atoms with E-state index in [0.29, 0.717) is 6.54 Å². The largest absolute Gasteiger partial charge is 0.356 e. The Morgan fingerprint density at radius 1 is 1.42 bits per heavy atom. The summed E-state index contributed by atoms with van der Waals surface area (Å²) in [4.78, 5) is 16.8. The van der Waals surface area contributed by atoms with Gasteiger partial charge in [-0.2, -0.15) is 0 Å². The number of rotatable bonds is 2. The van der Waals surface area contributed by atoms with Gasteiger partial charge in [0.15, 0.2) is 0 Å². The highest BCUT2D eigenvalue weighted by molar-refractivity contribution is 8.13. The highest BCUT2D eigenvalue weighted by Crippen LogP contribution is 2.21. The Morgan fingerprint density at radius 3 is 2.79 bits per heavy atom.